The SMILES string of the molecule is [2H]C([2H])([2H])c1cc(-n2c3[c-]c(Oc4[c-]c5c(cc4)C(C)CCC5n4[c](=[Pt])n(-c5c(-c6ccccc6)cccc5-c5cc(C(C)(C)C)cc(C(C)(C)C)c5)c5ccccc54)ccc3c3ccccc32)ncc1-c1ccccc1. The van der Waals surface area contributed by atoms with E-state index in [0.717, 1.165) is 77.4 Å². The summed E-state index contributed by atoms with van der Waals surface area (Å²) in [5.41, 5.74) is 16.3. The van der Waals surface area contributed by atoms with E-state index in [-0.39, 0.29) is 22.4 Å². The number of nitrogens with zero attached hydrogens (tertiary/aromatic N) is 4. The normalized spacial score (nSPS) is 15.8. The van der Waals surface area contributed by atoms with Crippen LogP contribution in [0.4, 0.5) is 0 Å². The van der Waals surface area contributed by atoms with Crippen molar-refractivity contribution < 1.29 is 28.2 Å². The summed E-state index contributed by atoms with van der Waals surface area (Å²) in [6.07, 6.45) is 3.62. The minimum atomic E-state index is -2.38. The number of aryl methyl sites for hydroxylation is 1. The number of benzene rings is 8. The van der Waals surface area contributed by atoms with Crippen molar-refractivity contribution in [3.8, 4) is 56.4 Å². The fraction of sp³-hybridized carbons (Fsp3) is 0.206. The molecule has 0 amide bonds. The van der Waals surface area contributed by atoms with Crippen LogP contribution in [0.5, 0.6) is 11.5 Å². The molecule has 0 saturated heterocycles. The van der Waals surface area contributed by atoms with Crippen molar-refractivity contribution >= 4 is 32.8 Å². The molecule has 6 heteroatoms. The van der Waals surface area contributed by atoms with Crippen LogP contribution in [0.15, 0.2) is 182 Å². The second kappa shape index (κ2) is 18.6. The molecule has 12 rings (SSSR count). The molecule has 0 spiro atoms. The molecule has 2 unspecified atom stereocenters. The molecule has 370 valence electrons. The molecule has 11 aromatic rings. The van der Waals surface area contributed by atoms with Gasteiger partial charge in [0.25, 0.3) is 0 Å². The van der Waals surface area contributed by atoms with E-state index in [1.165, 1.54) is 27.8 Å². The number of hydrogen-bond donors (Lipinski definition) is 0. The van der Waals surface area contributed by atoms with Gasteiger partial charge >= 0.3 is 353 Å². The van der Waals surface area contributed by atoms with Gasteiger partial charge < -0.3 is 0 Å². The maximum absolute atomic E-state index is 8.60. The molecule has 0 radical (unpaired) electrons. The topological polar surface area (TPSA) is 36.9 Å². The van der Waals surface area contributed by atoms with E-state index in [1.807, 2.05) is 65.2 Å². The number of imidazole rings is 1. The van der Waals surface area contributed by atoms with Gasteiger partial charge in [0.05, 0.1) is 0 Å². The number of fused-ring (bicyclic) bond motifs is 5. The van der Waals surface area contributed by atoms with Gasteiger partial charge in [0, 0.05) is 15.9 Å². The second-order valence-corrected chi connectivity index (χ2v) is 23.0. The van der Waals surface area contributed by atoms with E-state index in [0.29, 0.717) is 28.8 Å². The summed E-state index contributed by atoms with van der Waals surface area (Å²) in [7, 11) is 0. The first-order chi connectivity index (χ1) is 36.9. The minimum absolute atomic E-state index is 0.0428. The Morgan fingerprint density at radius 1 is 0.581 bits per heavy atom. The predicted octanol–water partition coefficient (Wildman–Crippen LogP) is 17.8. The van der Waals surface area contributed by atoms with Crippen molar-refractivity contribution in [3.05, 3.63) is 226 Å². The Kier molecular flexibility index (Phi) is 11.1. The molecule has 0 bridgehead atoms. The van der Waals surface area contributed by atoms with Crippen molar-refractivity contribution in [2.24, 2.45) is 0 Å². The van der Waals surface area contributed by atoms with E-state index in [4.69, 9.17) is 13.8 Å². The van der Waals surface area contributed by atoms with E-state index in [1.54, 1.807) is 12.3 Å². The molecular weight excluding hydrogens is 1080 g/mol. The zero-order valence-electron chi connectivity index (χ0n) is 45.9. The van der Waals surface area contributed by atoms with Gasteiger partial charge in [-0.05, 0) is 30.1 Å². The van der Waals surface area contributed by atoms with Crippen molar-refractivity contribution in [3.63, 3.8) is 0 Å². The van der Waals surface area contributed by atoms with Gasteiger partial charge in [0.15, 0.2) is 0 Å². The monoisotopic (exact) mass is 1150 g/mol. The van der Waals surface area contributed by atoms with Crippen LogP contribution < -0.4 is 4.74 Å². The third-order valence-electron chi connectivity index (χ3n) is 15.1. The summed E-state index contributed by atoms with van der Waals surface area (Å²) >= 11 is 2.59. The number of rotatable bonds is 8. The van der Waals surface area contributed by atoms with Gasteiger partial charge in [0.2, 0.25) is 0 Å². The van der Waals surface area contributed by atoms with E-state index in [9.17, 15) is 0 Å². The Hall–Kier alpha value is -7.33. The van der Waals surface area contributed by atoms with E-state index >= 15 is 0 Å². The number of aromatic nitrogens is 4. The van der Waals surface area contributed by atoms with Gasteiger partial charge in [-0.1, -0.05) is 48.5 Å². The molecule has 3 aromatic heterocycles. The molecule has 74 heavy (non-hydrogen) atoms. The van der Waals surface area contributed by atoms with E-state index < -0.39 is 6.85 Å². The van der Waals surface area contributed by atoms with Crippen LogP contribution in [0.2, 0.25) is 0 Å². The van der Waals surface area contributed by atoms with Crippen LogP contribution in [0.3, 0.4) is 0 Å². The van der Waals surface area contributed by atoms with Gasteiger partial charge in [0.1, 0.15) is 0 Å². The number of pyridine rings is 1. The summed E-state index contributed by atoms with van der Waals surface area (Å²) in [5.74, 6) is 1.94. The van der Waals surface area contributed by atoms with Crippen molar-refractivity contribution in [1.82, 2.24) is 18.7 Å². The first kappa shape index (κ1) is 44.2. The Morgan fingerprint density at radius 2 is 1.19 bits per heavy atom. The zero-order chi connectivity index (χ0) is 53.5. The molecule has 0 N–H and O–H groups in total. The van der Waals surface area contributed by atoms with Gasteiger partial charge in [-0.3, -0.25) is 0 Å². The average molecular weight is 1150 g/mol. The fourth-order valence-electron chi connectivity index (χ4n) is 11.1. The van der Waals surface area contributed by atoms with Gasteiger partial charge in [-0.2, -0.15) is 0 Å². The fourth-order valence-corrected chi connectivity index (χ4v) is 12.3. The number of hydrogen-bond acceptors (Lipinski definition) is 2. The van der Waals surface area contributed by atoms with Crippen LogP contribution in [-0.2, 0) is 30.2 Å². The Morgan fingerprint density at radius 3 is 1.88 bits per heavy atom. The molecule has 3 heterocycles. The summed E-state index contributed by atoms with van der Waals surface area (Å²) in [6.45, 7) is 13.8. The first-order valence-corrected chi connectivity index (χ1v) is 26.8. The Balaban J connectivity index is 0.995. The second-order valence-electron chi connectivity index (χ2n) is 22.0. The Bertz CT molecular complexity index is 4100. The molecule has 0 saturated carbocycles. The minimum Gasteiger partial charge on any atom is -0.238 e. The zero-order valence-corrected chi connectivity index (χ0v) is 45.2. The van der Waals surface area contributed by atoms with Crippen LogP contribution in [0.1, 0.15) is 105 Å². The predicted molar refractivity (Wildman–Crippen MR) is 302 cm³/mol. The van der Waals surface area contributed by atoms with Gasteiger partial charge in [-0.15, -0.1) is 0 Å². The summed E-state index contributed by atoms with van der Waals surface area (Å²) in [5, 5.41) is 1.96. The van der Waals surface area contributed by atoms with Crippen LogP contribution in [0.25, 0.3) is 77.7 Å². The average Bonchev–Trinajstić information content (AvgIpc) is 4.12. The van der Waals surface area contributed by atoms with Crippen LogP contribution in [0, 0.1) is 22.8 Å². The molecule has 8 aromatic carbocycles. The molecular formula is C68H60N4OPt-2. The number of ether oxygens (including phenoxy) is 1. The van der Waals surface area contributed by atoms with Crippen LogP contribution in [-0.4, -0.2) is 18.7 Å². The molecule has 5 nitrogen and oxygen atoms in total. The van der Waals surface area contributed by atoms with E-state index in [2.05, 4.69) is 198 Å². The quantitative estimate of drug-likeness (QED) is 0.142. The van der Waals surface area contributed by atoms with Crippen molar-refractivity contribution in [2.75, 3.05) is 0 Å². The third-order valence-corrected chi connectivity index (χ3v) is 16.1. The first-order valence-electron chi connectivity index (χ1n) is 27.2. The van der Waals surface area contributed by atoms with Crippen LogP contribution >= 0.6 is 0 Å². The summed E-state index contributed by atoms with van der Waals surface area (Å²) < 4.78 is 40.8. The standard InChI is InChI=1S/C68H60N4O.Pt/c1-44-30-35-60(58-40-51(31-33-53(44)58)73-52-32-34-57-56-24-15-16-27-61(56)72(64(57)41-52)65-36-45(2)59(42-69-65)47-22-13-10-14-23-47)70-43-71(63-29-18-17-28-62(63)70)66-54(46-20-11-9-12-21-46)25-19-26-55(66)48-37-49(67(3,4)5)39-50(38-48)68(6,7)8;/h9-29,31-34,36-39,42,44,60H,30,35H2,1-8H3;/q-2;/i2D3;. The van der Waals surface area contributed by atoms with Crippen molar-refractivity contribution in [1.29, 1.82) is 0 Å². The smallest absolute Gasteiger partial charge is 0.238 e. The molecule has 0 aliphatic heterocycles. The Labute approximate surface area is 450 Å². The molecule has 2 atom stereocenters. The maximum atomic E-state index is 8.60. The van der Waals surface area contributed by atoms with Crippen molar-refractivity contribution in [2.45, 2.75) is 90.9 Å². The summed E-state index contributed by atoms with van der Waals surface area (Å²) in [6, 6.07) is 68.8. The molecule has 0 fully saturated rings. The molecule has 1 aliphatic carbocycles. The van der Waals surface area contributed by atoms with Gasteiger partial charge in [-0.25, -0.2) is 4.98 Å². The third kappa shape index (κ3) is 8.40. The number of para-hydroxylation sites is 4. The summed E-state index contributed by atoms with van der Waals surface area (Å²) in [4.78, 5) is 4.93. The molecule has 1 aliphatic rings.